The lowest BCUT2D eigenvalue weighted by Gasteiger charge is -2.26. The van der Waals surface area contributed by atoms with Gasteiger partial charge in [-0.2, -0.15) is 0 Å². The molecular formula is C16H24N4O. The molecule has 2 aromatic heterocycles. The van der Waals surface area contributed by atoms with E-state index in [4.69, 9.17) is 4.74 Å². The number of hydrogen-bond donors (Lipinski definition) is 0. The van der Waals surface area contributed by atoms with Crippen LogP contribution in [0, 0.1) is 13.8 Å². The second-order valence-electron chi connectivity index (χ2n) is 5.00. The fourth-order valence-electron chi connectivity index (χ4n) is 2.61. The smallest absolute Gasteiger partial charge is 0.227 e. The van der Waals surface area contributed by atoms with E-state index in [9.17, 15) is 0 Å². The maximum absolute atomic E-state index is 5.85. The maximum Gasteiger partial charge on any atom is 0.227 e. The third-order valence-corrected chi connectivity index (χ3v) is 3.47. The highest BCUT2D eigenvalue weighted by Gasteiger charge is 2.25. The molecule has 21 heavy (non-hydrogen) atoms. The van der Waals surface area contributed by atoms with Gasteiger partial charge in [-0.05, 0) is 33.8 Å². The van der Waals surface area contributed by atoms with E-state index < -0.39 is 0 Å². The summed E-state index contributed by atoms with van der Waals surface area (Å²) in [6.45, 7) is 13.7. The van der Waals surface area contributed by atoms with Crippen LogP contribution in [0.1, 0.15) is 39.2 Å². The minimum absolute atomic E-state index is 0.275. The van der Waals surface area contributed by atoms with Crippen LogP contribution in [0.2, 0.25) is 0 Å². The molecule has 0 fully saturated rings. The van der Waals surface area contributed by atoms with Gasteiger partial charge in [0.15, 0.2) is 0 Å². The van der Waals surface area contributed by atoms with Crippen molar-refractivity contribution in [1.29, 1.82) is 0 Å². The zero-order valence-electron chi connectivity index (χ0n) is 13.8. The first kappa shape index (κ1) is 15.5. The van der Waals surface area contributed by atoms with E-state index in [1.54, 1.807) is 0 Å². The van der Waals surface area contributed by atoms with Gasteiger partial charge in [-0.3, -0.25) is 0 Å². The summed E-state index contributed by atoms with van der Waals surface area (Å²) in [6, 6.07) is 2.27. The number of ether oxygens (including phenoxy) is 1. The molecule has 0 unspecified atom stereocenters. The highest BCUT2D eigenvalue weighted by Crippen LogP contribution is 2.34. The van der Waals surface area contributed by atoms with Crippen molar-refractivity contribution in [2.75, 3.05) is 18.1 Å². The number of aromatic nitrogens is 3. The monoisotopic (exact) mass is 288 g/mol. The molecular weight excluding hydrogens is 264 g/mol. The van der Waals surface area contributed by atoms with Gasteiger partial charge in [-0.1, -0.05) is 13.8 Å². The van der Waals surface area contributed by atoms with Crippen molar-refractivity contribution in [3.05, 3.63) is 17.6 Å². The Hall–Kier alpha value is -1.91. The Labute approximate surface area is 126 Å². The van der Waals surface area contributed by atoms with Gasteiger partial charge in [0.05, 0.1) is 11.6 Å². The van der Waals surface area contributed by atoms with Crippen molar-refractivity contribution in [3.8, 4) is 5.88 Å². The van der Waals surface area contributed by atoms with E-state index >= 15 is 0 Å². The van der Waals surface area contributed by atoms with E-state index in [-0.39, 0.29) is 6.04 Å². The van der Waals surface area contributed by atoms with Crippen molar-refractivity contribution in [3.63, 3.8) is 0 Å². The van der Waals surface area contributed by atoms with E-state index in [1.807, 2.05) is 33.8 Å². The van der Waals surface area contributed by atoms with Crippen LogP contribution in [0.4, 0.5) is 5.82 Å². The minimum Gasteiger partial charge on any atom is -0.475 e. The van der Waals surface area contributed by atoms with Crippen molar-refractivity contribution in [2.24, 2.45) is 0 Å². The second kappa shape index (κ2) is 6.24. The Morgan fingerprint density at radius 2 is 1.95 bits per heavy atom. The number of likely N-dealkylation sites (N-methyl/N-ethyl adjacent to an activating group) is 1. The molecule has 114 valence electrons. The molecule has 0 saturated heterocycles. The Bertz CT molecular complexity index is 636. The van der Waals surface area contributed by atoms with E-state index in [1.165, 1.54) is 0 Å². The lowest BCUT2D eigenvalue weighted by Crippen LogP contribution is -2.36. The first-order valence-electron chi connectivity index (χ1n) is 7.65. The standard InChI is InChI=1S/C14H18N4O.C2H6/c1-5-18-9(3)7-19-14-12-11(6-8(2)15-14)16-10(4)17-13(12)18;1-2/h6,9H,5,7H2,1-4H3;1-2H3/t9-;/m0./s1. The normalized spacial score (nSPS) is 16.9. The molecule has 0 bridgehead atoms. The average Bonchev–Trinajstić information content (AvgIpc) is 2.58. The van der Waals surface area contributed by atoms with Crippen LogP contribution in [0.5, 0.6) is 5.88 Å². The third kappa shape index (κ3) is 2.77. The number of nitrogens with zero attached hydrogens (tertiary/aromatic N) is 4. The van der Waals surface area contributed by atoms with Gasteiger partial charge < -0.3 is 9.64 Å². The molecule has 0 amide bonds. The number of pyridine rings is 1. The molecule has 3 rings (SSSR count). The van der Waals surface area contributed by atoms with E-state index in [0.29, 0.717) is 12.5 Å². The quantitative estimate of drug-likeness (QED) is 0.806. The van der Waals surface area contributed by atoms with Gasteiger partial charge >= 0.3 is 0 Å². The van der Waals surface area contributed by atoms with Crippen LogP contribution >= 0.6 is 0 Å². The molecule has 1 aliphatic heterocycles. The largest absolute Gasteiger partial charge is 0.475 e. The van der Waals surface area contributed by atoms with E-state index in [0.717, 1.165) is 34.8 Å². The Morgan fingerprint density at radius 1 is 1.24 bits per heavy atom. The summed E-state index contributed by atoms with van der Waals surface area (Å²) in [5.41, 5.74) is 1.83. The first-order valence-corrected chi connectivity index (χ1v) is 7.65. The van der Waals surface area contributed by atoms with Gasteiger partial charge in [0, 0.05) is 12.2 Å². The molecule has 1 atom stereocenters. The van der Waals surface area contributed by atoms with Gasteiger partial charge in [0.1, 0.15) is 23.6 Å². The zero-order valence-corrected chi connectivity index (χ0v) is 13.8. The second-order valence-corrected chi connectivity index (χ2v) is 5.00. The Balaban J connectivity index is 0.000000774. The molecule has 0 spiro atoms. The van der Waals surface area contributed by atoms with Gasteiger partial charge in [-0.15, -0.1) is 0 Å². The zero-order chi connectivity index (χ0) is 15.6. The van der Waals surface area contributed by atoms with Crippen LogP contribution in [0.3, 0.4) is 0 Å². The molecule has 0 saturated carbocycles. The summed E-state index contributed by atoms with van der Waals surface area (Å²) >= 11 is 0. The molecule has 3 heterocycles. The maximum atomic E-state index is 5.85. The first-order chi connectivity index (χ1) is 10.1. The molecule has 5 nitrogen and oxygen atoms in total. The highest BCUT2D eigenvalue weighted by molar-refractivity contribution is 5.94. The number of rotatable bonds is 1. The predicted octanol–water partition coefficient (Wildman–Crippen LogP) is 3.28. The summed E-state index contributed by atoms with van der Waals surface area (Å²) in [5.74, 6) is 2.39. The predicted molar refractivity (Wildman–Crippen MR) is 86.1 cm³/mol. The molecule has 5 heteroatoms. The van der Waals surface area contributed by atoms with Crippen molar-refractivity contribution in [2.45, 2.75) is 47.6 Å². The molecule has 0 aliphatic carbocycles. The van der Waals surface area contributed by atoms with E-state index in [2.05, 4.69) is 33.7 Å². The molecule has 0 N–H and O–H groups in total. The molecule has 1 aliphatic rings. The van der Waals surface area contributed by atoms with Gasteiger partial charge in [-0.25, -0.2) is 15.0 Å². The average molecular weight is 288 g/mol. The number of anilines is 1. The van der Waals surface area contributed by atoms with Crippen LogP contribution < -0.4 is 9.64 Å². The van der Waals surface area contributed by atoms with Crippen molar-refractivity contribution >= 4 is 16.7 Å². The van der Waals surface area contributed by atoms with Crippen molar-refractivity contribution in [1.82, 2.24) is 15.0 Å². The molecule has 0 radical (unpaired) electrons. The van der Waals surface area contributed by atoms with Crippen LogP contribution in [-0.2, 0) is 0 Å². The van der Waals surface area contributed by atoms with Crippen LogP contribution in [-0.4, -0.2) is 34.1 Å². The molecule has 2 aromatic rings. The summed E-state index contributed by atoms with van der Waals surface area (Å²) in [6.07, 6.45) is 0. The van der Waals surface area contributed by atoms with Gasteiger partial charge in [0.25, 0.3) is 0 Å². The summed E-state index contributed by atoms with van der Waals surface area (Å²) < 4.78 is 5.85. The van der Waals surface area contributed by atoms with Crippen molar-refractivity contribution < 1.29 is 4.74 Å². The highest BCUT2D eigenvalue weighted by atomic mass is 16.5. The third-order valence-electron chi connectivity index (χ3n) is 3.47. The summed E-state index contributed by atoms with van der Waals surface area (Å²) in [4.78, 5) is 15.9. The topological polar surface area (TPSA) is 51.1 Å². The van der Waals surface area contributed by atoms with Gasteiger partial charge in [0.2, 0.25) is 5.88 Å². The minimum atomic E-state index is 0.275. The summed E-state index contributed by atoms with van der Waals surface area (Å²) in [7, 11) is 0. The molecule has 0 aromatic carbocycles. The summed E-state index contributed by atoms with van der Waals surface area (Å²) in [5, 5.41) is 0.933. The fourth-order valence-corrected chi connectivity index (χ4v) is 2.61. The lowest BCUT2D eigenvalue weighted by molar-refractivity contribution is 0.287. The Morgan fingerprint density at radius 3 is 2.62 bits per heavy atom. The van der Waals surface area contributed by atoms with Crippen LogP contribution in [0.25, 0.3) is 10.9 Å². The van der Waals surface area contributed by atoms with Crippen LogP contribution in [0.15, 0.2) is 6.07 Å². The SMILES string of the molecule is CC.CCN1c2nc(C)nc3cc(C)nc(c23)OC[C@@H]1C. The fraction of sp³-hybridized carbons (Fsp3) is 0.562. The number of aryl methyl sites for hydroxylation is 2. The number of hydrogen-bond acceptors (Lipinski definition) is 5. The lowest BCUT2D eigenvalue weighted by atomic mass is 10.2. The Kier molecular flexibility index (Phi) is 4.60.